The highest BCUT2D eigenvalue weighted by Gasteiger charge is 2.25. The second-order valence-corrected chi connectivity index (χ2v) is 7.29. The molecule has 0 amide bonds. The molecule has 1 aromatic heterocycles. The van der Waals surface area contributed by atoms with E-state index in [4.69, 9.17) is 0 Å². The van der Waals surface area contributed by atoms with Crippen LogP contribution >= 0.6 is 0 Å². The molecule has 0 radical (unpaired) electrons. The highest BCUT2D eigenvalue weighted by molar-refractivity contribution is 7.89. The standard InChI is InChI=1S/C15H25N3O2S/c1-4-9-18(6-3)21(19,20)15-10-14(17(5-2)12-15)11-16-13-7-8-13/h4,10,12-13,16H,1,5-9,11H2,2-3H3. The van der Waals surface area contributed by atoms with E-state index in [9.17, 15) is 8.42 Å². The number of hydrogen-bond donors (Lipinski definition) is 1. The van der Waals surface area contributed by atoms with Crippen LogP contribution in [0.5, 0.6) is 0 Å². The third kappa shape index (κ3) is 3.75. The van der Waals surface area contributed by atoms with Gasteiger partial charge in [0, 0.05) is 44.1 Å². The number of aryl methyl sites for hydroxylation is 1. The summed E-state index contributed by atoms with van der Waals surface area (Å²) in [5.41, 5.74) is 1.03. The van der Waals surface area contributed by atoms with Crippen molar-refractivity contribution in [3.05, 3.63) is 30.6 Å². The summed E-state index contributed by atoms with van der Waals surface area (Å²) in [7, 11) is -3.43. The molecule has 0 bridgehead atoms. The van der Waals surface area contributed by atoms with E-state index in [0.717, 1.165) is 18.8 Å². The average Bonchev–Trinajstić information content (AvgIpc) is 3.20. The first-order valence-electron chi connectivity index (χ1n) is 7.56. The Morgan fingerprint density at radius 3 is 2.71 bits per heavy atom. The van der Waals surface area contributed by atoms with Crippen molar-refractivity contribution in [2.24, 2.45) is 0 Å². The molecular weight excluding hydrogens is 286 g/mol. The van der Waals surface area contributed by atoms with Crippen LogP contribution in [-0.4, -0.2) is 36.4 Å². The molecule has 1 aliphatic carbocycles. The number of rotatable bonds is 9. The quantitative estimate of drug-likeness (QED) is 0.709. The van der Waals surface area contributed by atoms with Gasteiger partial charge in [-0.3, -0.25) is 0 Å². The van der Waals surface area contributed by atoms with E-state index < -0.39 is 10.0 Å². The third-order valence-electron chi connectivity index (χ3n) is 3.77. The zero-order valence-corrected chi connectivity index (χ0v) is 13.7. The Balaban J connectivity index is 2.23. The van der Waals surface area contributed by atoms with Crippen molar-refractivity contribution >= 4 is 10.0 Å². The summed E-state index contributed by atoms with van der Waals surface area (Å²) >= 11 is 0. The maximum atomic E-state index is 12.6. The van der Waals surface area contributed by atoms with Gasteiger partial charge >= 0.3 is 0 Å². The molecule has 1 heterocycles. The largest absolute Gasteiger partial charge is 0.349 e. The van der Waals surface area contributed by atoms with Crippen LogP contribution in [0, 0.1) is 0 Å². The van der Waals surface area contributed by atoms with Crippen LogP contribution in [0.15, 0.2) is 29.8 Å². The lowest BCUT2D eigenvalue weighted by molar-refractivity contribution is 0.459. The Kier molecular flexibility index (Phi) is 5.24. The first kappa shape index (κ1) is 16.3. The first-order valence-corrected chi connectivity index (χ1v) is 9.00. The Hall–Kier alpha value is -1.11. The number of likely N-dealkylation sites (N-methyl/N-ethyl adjacent to an activating group) is 1. The van der Waals surface area contributed by atoms with Crippen molar-refractivity contribution in [2.75, 3.05) is 13.1 Å². The van der Waals surface area contributed by atoms with Gasteiger partial charge in [-0.25, -0.2) is 8.42 Å². The van der Waals surface area contributed by atoms with Crippen molar-refractivity contribution in [1.82, 2.24) is 14.2 Å². The molecule has 0 aromatic carbocycles. The van der Waals surface area contributed by atoms with E-state index in [-0.39, 0.29) is 0 Å². The minimum Gasteiger partial charge on any atom is -0.349 e. The molecule has 118 valence electrons. The van der Waals surface area contributed by atoms with Crippen LogP contribution < -0.4 is 5.32 Å². The molecule has 1 aromatic rings. The molecule has 1 aliphatic rings. The number of aromatic nitrogens is 1. The predicted octanol–water partition coefficient (Wildman–Crippen LogP) is 1.96. The Morgan fingerprint density at radius 2 is 2.19 bits per heavy atom. The second kappa shape index (κ2) is 6.77. The first-order chi connectivity index (χ1) is 10.0. The predicted molar refractivity (Wildman–Crippen MR) is 84.6 cm³/mol. The summed E-state index contributed by atoms with van der Waals surface area (Å²) < 4.78 is 28.7. The van der Waals surface area contributed by atoms with Gasteiger partial charge in [0.2, 0.25) is 10.0 Å². The van der Waals surface area contributed by atoms with Crippen LogP contribution in [0.1, 0.15) is 32.4 Å². The van der Waals surface area contributed by atoms with E-state index in [1.807, 2.05) is 18.4 Å². The topological polar surface area (TPSA) is 54.3 Å². The Morgan fingerprint density at radius 1 is 1.48 bits per heavy atom. The summed E-state index contributed by atoms with van der Waals surface area (Å²) in [6, 6.07) is 2.40. The minimum absolute atomic E-state index is 0.339. The van der Waals surface area contributed by atoms with Crippen LogP contribution in [0.2, 0.25) is 0 Å². The number of nitrogens with zero attached hydrogens (tertiary/aromatic N) is 2. The van der Waals surface area contributed by atoms with Crippen LogP contribution in [0.3, 0.4) is 0 Å². The second-order valence-electron chi connectivity index (χ2n) is 5.35. The molecule has 5 nitrogen and oxygen atoms in total. The lowest BCUT2D eigenvalue weighted by Gasteiger charge is -2.17. The lowest BCUT2D eigenvalue weighted by Crippen LogP contribution is -2.30. The van der Waals surface area contributed by atoms with Gasteiger partial charge in [0.15, 0.2) is 0 Å². The average molecular weight is 311 g/mol. The Bertz CT molecular complexity index is 588. The van der Waals surface area contributed by atoms with Gasteiger partial charge in [-0.15, -0.1) is 6.58 Å². The smallest absolute Gasteiger partial charge is 0.244 e. The lowest BCUT2D eigenvalue weighted by atomic mass is 10.4. The van der Waals surface area contributed by atoms with Crippen LogP contribution in [-0.2, 0) is 23.1 Å². The van der Waals surface area contributed by atoms with Crippen molar-refractivity contribution in [3.8, 4) is 0 Å². The summed E-state index contributed by atoms with van der Waals surface area (Å²) in [4.78, 5) is 0.376. The molecule has 0 unspecified atom stereocenters. The number of nitrogens with one attached hydrogen (secondary N) is 1. The van der Waals surface area contributed by atoms with Gasteiger partial charge in [0.1, 0.15) is 4.90 Å². The fourth-order valence-electron chi connectivity index (χ4n) is 2.34. The minimum atomic E-state index is -3.43. The van der Waals surface area contributed by atoms with E-state index in [1.165, 1.54) is 17.1 Å². The van der Waals surface area contributed by atoms with E-state index in [0.29, 0.717) is 24.0 Å². The van der Waals surface area contributed by atoms with E-state index in [2.05, 4.69) is 11.9 Å². The summed E-state index contributed by atoms with van der Waals surface area (Å²) in [6.45, 7) is 9.77. The summed E-state index contributed by atoms with van der Waals surface area (Å²) in [5.74, 6) is 0. The van der Waals surface area contributed by atoms with Gasteiger partial charge in [0.05, 0.1) is 0 Å². The van der Waals surface area contributed by atoms with Gasteiger partial charge < -0.3 is 9.88 Å². The van der Waals surface area contributed by atoms with E-state index >= 15 is 0 Å². The maximum Gasteiger partial charge on any atom is 0.244 e. The van der Waals surface area contributed by atoms with Gasteiger partial charge in [-0.2, -0.15) is 4.31 Å². The van der Waals surface area contributed by atoms with Crippen LogP contribution in [0.4, 0.5) is 0 Å². The molecule has 2 rings (SSSR count). The SMILES string of the molecule is C=CCN(CC)S(=O)(=O)c1cc(CNC2CC2)n(CC)c1. The fourth-order valence-corrected chi connectivity index (χ4v) is 3.82. The summed E-state index contributed by atoms with van der Waals surface area (Å²) in [6.07, 6.45) is 5.81. The maximum absolute atomic E-state index is 12.6. The molecule has 1 N–H and O–H groups in total. The molecule has 0 aliphatic heterocycles. The Labute approximate surface area is 127 Å². The molecule has 0 saturated heterocycles. The molecule has 1 saturated carbocycles. The van der Waals surface area contributed by atoms with Gasteiger partial charge in [-0.1, -0.05) is 13.0 Å². The normalized spacial score (nSPS) is 15.6. The van der Waals surface area contributed by atoms with Gasteiger partial charge in [0.25, 0.3) is 0 Å². The molecule has 0 atom stereocenters. The fraction of sp³-hybridized carbons (Fsp3) is 0.600. The monoisotopic (exact) mass is 311 g/mol. The molecule has 0 spiro atoms. The van der Waals surface area contributed by atoms with Gasteiger partial charge in [-0.05, 0) is 25.8 Å². The van der Waals surface area contributed by atoms with Crippen molar-refractivity contribution in [1.29, 1.82) is 0 Å². The van der Waals surface area contributed by atoms with Crippen molar-refractivity contribution in [3.63, 3.8) is 0 Å². The van der Waals surface area contributed by atoms with Crippen molar-refractivity contribution < 1.29 is 8.42 Å². The van der Waals surface area contributed by atoms with Crippen LogP contribution in [0.25, 0.3) is 0 Å². The molecule has 21 heavy (non-hydrogen) atoms. The zero-order chi connectivity index (χ0) is 15.5. The zero-order valence-electron chi connectivity index (χ0n) is 12.9. The molecule has 1 fully saturated rings. The number of hydrogen-bond acceptors (Lipinski definition) is 3. The molecular formula is C15H25N3O2S. The highest BCUT2D eigenvalue weighted by atomic mass is 32.2. The summed E-state index contributed by atoms with van der Waals surface area (Å²) in [5, 5.41) is 3.44. The highest BCUT2D eigenvalue weighted by Crippen LogP contribution is 2.22. The molecule has 6 heteroatoms. The van der Waals surface area contributed by atoms with Crippen molar-refractivity contribution in [2.45, 2.75) is 50.7 Å². The number of sulfonamides is 1. The third-order valence-corrected chi connectivity index (χ3v) is 5.68. The van der Waals surface area contributed by atoms with E-state index in [1.54, 1.807) is 18.3 Å².